The fourth-order valence-electron chi connectivity index (χ4n) is 4.18. The monoisotopic (exact) mass is 483 g/mol. The predicted octanol–water partition coefficient (Wildman–Crippen LogP) is 4.19. The van der Waals surface area contributed by atoms with Crippen LogP contribution >= 0.6 is 11.3 Å². The summed E-state index contributed by atoms with van der Waals surface area (Å²) < 4.78 is 27.5. The van der Waals surface area contributed by atoms with Gasteiger partial charge >= 0.3 is 0 Å². The Kier molecular flexibility index (Phi) is 7.26. The molecule has 2 heterocycles. The molecule has 1 aromatic heterocycles. The third kappa shape index (κ3) is 5.69. The van der Waals surface area contributed by atoms with E-state index in [4.69, 9.17) is 0 Å². The number of thiazole rings is 1. The SMILES string of the molecule is Cc1cc(C)cc(S(=O)(=O)N2CCC(C(=O)NCCc3csc(-c4ccccc4)n3)CC2)c1. The Bertz CT molecular complexity index is 1190. The predicted molar refractivity (Wildman–Crippen MR) is 132 cm³/mol. The fraction of sp³-hybridized carbons (Fsp3) is 0.360. The first-order chi connectivity index (χ1) is 15.8. The van der Waals surface area contributed by atoms with Gasteiger partial charge in [-0.2, -0.15) is 4.31 Å². The quantitative estimate of drug-likeness (QED) is 0.547. The smallest absolute Gasteiger partial charge is 0.243 e. The van der Waals surface area contributed by atoms with Crippen LogP contribution in [0.15, 0.2) is 58.8 Å². The zero-order valence-corrected chi connectivity index (χ0v) is 20.6. The molecule has 1 aliphatic heterocycles. The Labute approximate surface area is 199 Å². The van der Waals surface area contributed by atoms with Crippen molar-refractivity contribution in [2.24, 2.45) is 5.92 Å². The summed E-state index contributed by atoms with van der Waals surface area (Å²) in [5, 5.41) is 6.02. The van der Waals surface area contributed by atoms with Crippen molar-refractivity contribution in [1.82, 2.24) is 14.6 Å². The number of hydrogen-bond donors (Lipinski definition) is 1. The molecule has 1 amide bonds. The van der Waals surface area contributed by atoms with Crippen molar-refractivity contribution in [3.05, 3.63) is 70.7 Å². The highest BCUT2D eigenvalue weighted by Gasteiger charge is 2.32. The minimum Gasteiger partial charge on any atom is -0.355 e. The lowest BCUT2D eigenvalue weighted by Gasteiger charge is -2.30. The number of nitrogens with zero attached hydrogens (tertiary/aromatic N) is 2. The van der Waals surface area contributed by atoms with Crippen LogP contribution in [0, 0.1) is 19.8 Å². The molecule has 0 bridgehead atoms. The molecule has 3 aromatic rings. The number of hydrogen-bond acceptors (Lipinski definition) is 5. The molecule has 0 saturated carbocycles. The summed E-state index contributed by atoms with van der Waals surface area (Å²) >= 11 is 1.61. The average molecular weight is 484 g/mol. The molecule has 2 aromatic carbocycles. The van der Waals surface area contributed by atoms with E-state index in [1.54, 1.807) is 23.5 Å². The van der Waals surface area contributed by atoms with Gasteiger partial charge in [-0.3, -0.25) is 4.79 Å². The molecule has 1 N–H and O–H groups in total. The first-order valence-corrected chi connectivity index (χ1v) is 13.5. The summed E-state index contributed by atoms with van der Waals surface area (Å²) in [7, 11) is -3.54. The highest BCUT2D eigenvalue weighted by atomic mass is 32.2. The van der Waals surface area contributed by atoms with Crippen LogP contribution in [0.2, 0.25) is 0 Å². The van der Waals surface area contributed by atoms with E-state index in [1.165, 1.54) is 4.31 Å². The molecule has 33 heavy (non-hydrogen) atoms. The lowest BCUT2D eigenvalue weighted by molar-refractivity contribution is -0.126. The number of rotatable bonds is 7. The fourth-order valence-corrected chi connectivity index (χ4v) is 6.70. The second-order valence-electron chi connectivity index (χ2n) is 8.55. The Balaban J connectivity index is 1.26. The summed E-state index contributed by atoms with van der Waals surface area (Å²) in [6.07, 6.45) is 1.74. The lowest BCUT2D eigenvalue weighted by Crippen LogP contribution is -2.43. The zero-order chi connectivity index (χ0) is 23.4. The van der Waals surface area contributed by atoms with Crippen LogP contribution in [0.3, 0.4) is 0 Å². The molecule has 0 radical (unpaired) electrons. The van der Waals surface area contributed by atoms with Gasteiger partial charge in [-0.25, -0.2) is 13.4 Å². The van der Waals surface area contributed by atoms with Crippen LogP contribution in [0.25, 0.3) is 10.6 Å². The van der Waals surface area contributed by atoms with Gasteiger partial charge in [0, 0.05) is 42.9 Å². The Morgan fingerprint density at radius 3 is 2.42 bits per heavy atom. The average Bonchev–Trinajstić information content (AvgIpc) is 3.28. The largest absolute Gasteiger partial charge is 0.355 e. The van der Waals surface area contributed by atoms with E-state index in [0.717, 1.165) is 27.4 Å². The molecule has 6 nitrogen and oxygen atoms in total. The van der Waals surface area contributed by atoms with Crippen molar-refractivity contribution >= 4 is 27.3 Å². The molecular weight excluding hydrogens is 454 g/mol. The topological polar surface area (TPSA) is 79.4 Å². The molecular formula is C25H29N3O3S2. The van der Waals surface area contributed by atoms with Gasteiger partial charge in [-0.15, -0.1) is 11.3 Å². The Morgan fingerprint density at radius 2 is 1.76 bits per heavy atom. The van der Waals surface area contributed by atoms with Gasteiger partial charge in [0.2, 0.25) is 15.9 Å². The Morgan fingerprint density at radius 1 is 1.09 bits per heavy atom. The van der Waals surface area contributed by atoms with Crippen molar-refractivity contribution in [2.75, 3.05) is 19.6 Å². The van der Waals surface area contributed by atoms with Crippen molar-refractivity contribution in [2.45, 2.75) is 38.0 Å². The highest BCUT2D eigenvalue weighted by molar-refractivity contribution is 7.89. The van der Waals surface area contributed by atoms with Gasteiger partial charge in [-0.1, -0.05) is 36.4 Å². The van der Waals surface area contributed by atoms with Crippen molar-refractivity contribution in [3.63, 3.8) is 0 Å². The van der Waals surface area contributed by atoms with E-state index in [9.17, 15) is 13.2 Å². The van der Waals surface area contributed by atoms with Crippen LogP contribution in [0.1, 0.15) is 29.7 Å². The van der Waals surface area contributed by atoms with E-state index >= 15 is 0 Å². The molecule has 0 atom stereocenters. The second-order valence-corrected chi connectivity index (χ2v) is 11.3. The number of piperidine rings is 1. The molecule has 174 valence electrons. The van der Waals surface area contributed by atoms with Gasteiger partial charge in [0.25, 0.3) is 0 Å². The molecule has 1 fully saturated rings. The van der Waals surface area contributed by atoms with Crippen LogP contribution in [-0.4, -0.2) is 43.2 Å². The van der Waals surface area contributed by atoms with Crippen LogP contribution < -0.4 is 5.32 Å². The zero-order valence-electron chi connectivity index (χ0n) is 19.0. The number of benzene rings is 2. The Hall–Kier alpha value is -2.55. The van der Waals surface area contributed by atoms with E-state index in [-0.39, 0.29) is 11.8 Å². The summed E-state index contributed by atoms with van der Waals surface area (Å²) in [5.41, 5.74) is 3.92. The van der Waals surface area contributed by atoms with Crippen molar-refractivity contribution in [1.29, 1.82) is 0 Å². The third-order valence-electron chi connectivity index (χ3n) is 5.91. The highest BCUT2D eigenvalue weighted by Crippen LogP contribution is 2.26. The summed E-state index contributed by atoms with van der Waals surface area (Å²) in [4.78, 5) is 17.6. The normalized spacial score (nSPS) is 15.5. The van der Waals surface area contributed by atoms with E-state index in [0.29, 0.717) is 43.8 Å². The molecule has 4 rings (SSSR count). The van der Waals surface area contributed by atoms with Gasteiger partial charge < -0.3 is 5.32 Å². The minimum atomic E-state index is -3.54. The van der Waals surface area contributed by atoms with Gasteiger partial charge in [0.15, 0.2) is 0 Å². The number of amides is 1. The summed E-state index contributed by atoms with van der Waals surface area (Å²) in [6, 6.07) is 15.4. The maximum atomic E-state index is 13.0. The van der Waals surface area contributed by atoms with Crippen LogP contribution in [0.5, 0.6) is 0 Å². The molecule has 1 aliphatic rings. The molecule has 8 heteroatoms. The number of nitrogens with one attached hydrogen (secondary N) is 1. The number of carbonyl (C=O) groups excluding carboxylic acids is 1. The maximum Gasteiger partial charge on any atom is 0.243 e. The summed E-state index contributed by atoms with van der Waals surface area (Å²) in [6.45, 7) is 5.05. The van der Waals surface area contributed by atoms with Crippen molar-refractivity contribution < 1.29 is 13.2 Å². The van der Waals surface area contributed by atoms with E-state index in [2.05, 4.69) is 10.3 Å². The number of sulfonamides is 1. The lowest BCUT2D eigenvalue weighted by atomic mass is 9.97. The second kappa shape index (κ2) is 10.2. The first kappa shape index (κ1) is 23.6. The van der Waals surface area contributed by atoms with E-state index in [1.807, 2.05) is 55.6 Å². The van der Waals surface area contributed by atoms with Gasteiger partial charge in [0.05, 0.1) is 10.6 Å². The van der Waals surface area contributed by atoms with Crippen LogP contribution in [-0.2, 0) is 21.2 Å². The molecule has 0 aliphatic carbocycles. The minimum absolute atomic E-state index is 0.00281. The number of aryl methyl sites for hydroxylation is 2. The van der Waals surface area contributed by atoms with Gasteiger partial charge in [0.1, 0.15) is 5.01 Å². The third-order valence-corrected chi connectivity index (χ3v) is 8.73. The number of aromatic nitrogens is 1. The van der Waals surface area contributed by atoms with Crippen molar-refractivity contribution in [3.8, 4) is 10.6 Å². The van der Waals surface area contributed by atoms with Crippen LogP contribution in [0.4, 0.5) is 0 Å². The molecule has 1 saturated heterocycles. The molecule has 0 spiro atoms. The molecule has 0 unspecified atom stereocenters. The number of carbonyl (C=O) groups is 1. The van der Waals surface area contributed by atoms with Gasteiger partial charge in [-0.05, 0) is 49.9 Å². The standard InChI is InChI=1S/C25H29N3O3S2/c1-18-14-19(2)16-23(15-18)33(30,31)28-12-9-20(10-13-28)24(29)26-11-8-22-17-32-25(27-22)21-6-4-3-5-7-21/h3-7,14-17,20H,8-13H2,1-2H3,(H,26,29). The van der Waals surface area contributed by atoms with E-state index < -0.39 is 10.0 Å². The first-order valence-electron chi connectivity index (χ1n) is 11.2. The summed E-state index contributed by atoms with van der Waals surface area (Å²) in [5.74, 6) is -0.164. The maximum absolute atomic E-state index is 13.0.